The quantitative estimate of drug-likeness (QED) is 0.341. The van der Waals surface area contributed by atoms with E-state index in [1.165, 1.54) is 6.42 Å². The molecule has 1 fully saturated rings. The van der Waals surface area contributed by atoms with Crippen molar-refractivity contribution < 1.29 is 14.7 Å². The average molecular weight is 444 g/mol. The number of carboxylic acid groups (broad SMARTS) is 1. The zero-order valence-electron chi connectivity index (χ0n) is 18.7. The number of carbonyl (C=O) groups excluding carboxylic acids is 1. The van der Waals surface area contributed by atoms with Crippen LogP contribution in [0.3, 0.4) is 0 Å². The number of hydrogen-bond acceptors (Lipinski definition) is 4. The van der Waals surface area contributed by atoms with E-state index in [1.54, 1.807) is 29.2 Å². The Kier molecular flexibility index (Phi) is 7.13. The second kappa shape index (κ2) is 10.4. The van der Waals surface area contributed by atoms with Crippen LogP contribution in [0.1, 0.15) is 65.1 Å². The van der Waals surface area contributed by atoms with Gasteiger partial charge in [0.2, 0.25) is 11.6 Å². The molecule has 2 unspecified atom stereocenters. The van der Waals surface area contributed by atoms with Crippen LogP contribution in [0, 0.1) is 11.8 Å². The SMILES string of the molecule is C=CCCC1CCCC(C(=O)c2ncn(Cc3ccc(-c4ccccc4C(=O)O)cc3)n2)C1. The summed E-state index contributed by atoms with van der Waals surface area (Å²) in [6.45, 7) is 4.30. The van der Waals surface area contributed by atoms with Gasteiger partial charge >= 0.3 is 5.97 Å². The number of aromatic nitrogens is 3. The molecule has 0 aliphatic heterocycles. The summed E-state index contributed by atoms with van der Waals surface area (Å²) in [5, 5.41) is 13.9. The molecule has 0 radical (unpaired) electrons. The first kappa shape index (κ1) is 22.6. The lowest BCUT2D eigenvalue weighted by Gasteiger charge is -2.27. The van der Waals surface area contributed by atoms with Crippen LogP contribution in [0.2, 0.25) is 0 Å². The standard InChI is InChI=1S/C27H29N3O3/c1-2-3-7-19-8-6-9-22(16-19)25(31)26-28-18-30(29-26)17-20-12-14-21(15-13-20)23-10-4-5-11-24(23)27(32)33/h2,4-5,10-15,18-19,22H,1,3,6-9,16-17H2,(H,32,33). The summed E-state index contributed by atoms with van der Waals surface area (Å²) < 4.78 is 1.69. The molecule has 170 valence electrons. The van der Waals surface area contributed by atoms with Gasteiger partial charge in [-0.3, -0.25) is 4.79 Å². The van der Waals surface area contributed by atoms with Crippen molar-refractivity contribution in [1.29, 1.82) is 0 Å². The third kappa shape index (κ3) is 5.45. The lowest BCUT2D eigenvalue weighted by atomic mass is 9.77. The molecular formula is C27H29N3O3. The largest absolute Gasteiger partial charge is 0.478 e. The number of nitrogens with zero attached hydrogens (tertiary/aromatic N) is 3. The van der Waals surface area contributed by atoms with Crippen molar-refractivity contribution in [2.75, 3.05) is 0 Å². The van der Waals surface area contributed by atoms with Crippen LogP contribution in [-0.2, 0) is 6.54 Å². The van der Waals surface area contributed by atoms with E-state index >= 15 is 0 Å². The highest BCUT2D eigenvalue weighted by atomic mass is 16.4. The Hall–Kier alpha value is -3.54. The molecule has 33 heavy (non-hydrogen) atoms. The molecule has 1 aromatic heterocycles. The first-order valence-electron chi connectivity index (χ1n) is 11.5. The maximum atomic E-state index is 13.0. The van der Waals surface area contributed by atoms with E-state index < -0.39 is 5.97 Å². The van der Waals surface area contributed by atoms with E-state index in [9.17, 15) is 14.7 Å². The van der Waals surface area contributed by atoms with Crippen LogP contribution < -0.4 is 0 Å². The van der Waals surface area contributed by atoms with Crippen molar-refractivity contribution in [1.82, 2.24) is 14.8 Å². The van der Waals surface area contributed by atoms with Crippen molar-refractivity contribution in [2.24, 2.45) is 11.8 Å². The number of Topliss-reactive ketones (excluding diaryl/α,β-unsaturated/α-hetero) is 1. The Balaban J connectivity index is 1.41. The van der Waals surface area contributed by atoms with Gasteiger partial charge in [0, 0.05) is 5.92 Å². The third-order valence-electron chi connectivity index (χ3n) is 6.46. The molecule has 1 aliphatic carbocycles. The van der Waals surface area contributed by atoms with Crippen molar-refractivity contribution >= 4 is 11.8 Å². The smallest absolute Gasteiger partial charge is 0.336 e. The van der Waals surface area contributed by atoms with Crippen molar-refractivity contribution in [3.05, 3.63) is 84.5 Å². The highest BCUT2D eigenvalue weighted by Gasteiger charge is 2.29. The highest BCUT2D eigenvalue weighted by molar-refractivity contribution is 5.96. The van der Waals surface area contributed by atoms with E-state index in [4.69, 9.17) is 0 Å². The average Bonchev–Trinajstić information content (AvgIpc) is 3.31. The second-order valence-corrected chi connectivity index (χ2v) is 8.77. The van der Waals surface area contributed by atoms with Crippen LogP contribution in [-0.4, -0.2) is 31.6 Å². The predicted octanol–water partition coefficient (Wildman–Crippen LogP) is 5.65. The molecule has 2 aromatic carbocycles. The number of benzene rings is 2. The summed E-state index contributed by atoms with van der Waals surface area (Å²) in [4.78, 5) is 28.7. The van der Waals surface area contributed by atoms with Crippen molar-refractivity contribution in [3.63, 3.8) is 0 Å². The van der Waals surface area contributed by atoms with Gasteiger partial charge in [0.15, 0.2) is 0 Å². The Morgan fingerprint density at radius 2 is 1.91 bits per heavy atom. The molecule has 6 heteroatoms. The molecule has 1 heterocycles. The molecule has 1 saturated carbocycles. The van der Waals surface area contributed by atoms with E-state index in [-0.39, 0.29) is 17.3 Å². The number of rotatable bonds is 9. The molecule has 2 atom stereocenters. The number of aromatic carboxylic acids is 1. The van der Waals surface area contributed by atoms with Crippen molar-refractivity contribution in [3.8, 4) is 11.1 Å². The molecule has 6 nitrogen and oxygen atoms in total. The van der Waals surface area contributed by atoms with Crippen LogP contribution in [0.15, 0.2) is 67.5 Å². The normalized spacial score (nSPS) is 18.1. The Morgan fingerprint density at radius 3 is 2.67 bits per heavy atom. The lowest BCUT2D eigenvalue weighted by Crippen LogP contribution is -2.24. The molecule has 3 aromatic rings. The zero-order valence-corrected chi connectivity index (χ0v) is 18.7. The van der Waals surface area contributed by atoms with E-state index in [1.807, 2.05) is 36.4 Å². The maximum Gasteiger partial charge on any atom is 0.336 e. The third-order valence-corrected chi connectivity index (χ3v) is 6.46. The number of hydrogen-bond donors (Lipinski definition) is 1. The summed E-state index contributed by atoms with van der Waals surface area (Å²) in [7, 11) is 0. The van der Waals surface area contributed by atoms with Gasteiger partial charge in [-0.1, -0.05) is 61.4 Å². The fourth-order valence-electron chi connectivity index (χ4n) is 4.71. The fourth-order valence-corrected chi connectivity index (χ4v) is 4.71. The van der Waals surface area contributed by atoms with E-state index in [0.717, 1.165) is 43.2 Å². The number of ketones is 1. The van der Waals surface area contributed by atoms with Gasteiger partial charge in [-0.15, -0.1) is 11.7 Å². The number of carboxylic acids is 1. The summed E-state index contributed by atoms with van der Waals surface area (Å²) in [6, 6.07) is 14.7. The van der Waals surface area contributed by atoms with Crippen LogP contribution in [0.25, 0.3) is 11.1 Å². The monoisotopic (exact) mass is 443 g/mol. The molecule has 1 aliphatic rings. The predicted molar refractivity (Wildman–Crippen MR) is 127 cm³/mol. The van der Waals surface area contributed by atoms with Crippen molar-refractivity contribution in [2.45, 2.75) is 45.1 Å². The fraction of sp³-hybridized carbons (Fsp3) is 0.333. The molecule has 0 amide bonds. The van der Waals surface area contributed by atoms with Crippen LogP contribution >= 0.6 is 0 Å². The van der Waals surface area contributed by atoms with Gasteiger partial charge in [0.25, 0.3) is 0 Å². The van der Waals surface area contributed by atoms with E-state index in [2.05, 4.69) is 16.7 Å². The molecule has 0 bridgehead atoms. The topological polar surface area (TPSA) is 85.1 Å². The lowest BCUT2D eigenvalue weighted by molar-refractivity contribution is 0.0697. The molecule has 1 N–H and O–H groups in total. The zero-order chi connectivity index (χ0) is 23.2. The minimum atomic E-state index is -0.945. The Labute approximate surface area is 194 Å². The Bertz CT molecular complexity index is 1130. The first-order valence-corrected chi connectivity index (χ1v) is 11.5. The molecular weight excluding hydrogens is 414 g/mol. The second-order valence-electron chi connectivity index (χ2n) is 8.77. The molecule has 4 rings (SSSR count). The summed E-state index contributed by atoms with van der Waals surface area (Å²) >= 11 is 0. The summed E-state index contributed by atoms with van der Waals surface area (Å²) in [6.07, 6.45) is 9.76. The van der Waals surface area contributed by atoms with Crippen LogP contribution in [0.4, 0.5) is 0 Å². The van der Waals surface area contributed by atoms with Crippen LogP contribution in [0.5, 0.6) is 0 Å². The minimum absolute atomic E-state index is 0.0120. The van der Waals surface area contributed by atoms with E-state index in [0.29, 0.717) is 23.9 Å². The summed E-state index contributed by atoms with van der Waals surface area (Å²) in [5.74, 6) is 0.00379. The molecule has 0 spiro atoms. The maximum absolute atomic E-state index is 13.0. The first-order chi connectivity index (χ1) is 16.0. The highest BCUT2D eigenvalue weighted by Crippen LogP contribution is 2.33. The van der Waals surface area contributed by atoms with Gasteiger partial charge < -0.3 is 5.11 Å². The minimum Gasteiger partial charge on any atom is -0.478 e. The van der Waals surface area contributed by atoms with Gasteiger partial charge in [0.1, 0.15) is 6.33 Å². The Morgan fingerprint density at radius 1 is 1.12 bits per heavy atom. The number of carbonyl (C=O) groups is 2. The van der Waals surface area contributed by atoms with Gasteiger partial charge in [-0.05, 0) is 54.4 Å². The van der Waals surface area contributed by atoms with Gasteiger partial charge in [-0.25, -0.2) is 14.5 Å². The molecule has 0 saturated heterocycles. The van der Waals surface area contributed by atoms with Gasteiger partial charge in [-0.2, -0.15) is 0 Å². The van der Waals surface area contributed by atoms with Gasteiger partial charge in [0.05, 0.1) is 12.1 Å². The summed E-state index contributed by atoms with van der Waals surface area (Å²) in [5.41, 5.74) is 2.80. The number of allylic oxidation sites excluding steroid dienone is 1.